The third-order valence-electron chi connectivity index (χ3n) is 17.1. The number of unbranched alkanes of at least 4 members (excludes halogenated alkanes) is 30. The number of amides is 1. The number of carbonyl (C=O) groups is 1. The Morgan fingerprint density at radius 2 is 0.759 bits per heavy atom. The first kappa shape index (κ1) is 79.0. The molecular weight excluding hydrogens is 1120 g/mol. The molecule has 3 aliphatic heterocycles. The molecule has 0 aromatic carbocycles. The Labute approximate surface area is 523 Å². The van der Waals surface area contributed by atoms with Crippen LogP contribution in [0.25, 0.3) is 0 Å². The molecule has 0 spiro atoms. The van der Waals surface area contributed by atoms with E-state index >= 15 is 0 Å². The zero-order valence-electron chi connectivity index (χ0n) is 53.5. The molecule has 3 rings (SSSR count). The number of hydrogen-bond acceptors (Lipinski definition) is 18. The molecule has 3 saturated heterocycles. The van der Waals surface area contributed by atoms with Gasteiger partial charge in [-0.05, 0) is 57.8 Å². The molecule has 0 aromatic heterocycles. The van der Waals surface area contributed by atoms with Crippen LogP contribution in [0.3, 0.4) is 0 Å². The SMILES string of the molecule is CCCCCCC/C=C\C/C=C\C/C=C\CCCCCCCCCCCCC(=O)NC(COC1OC(CO)C(OC2OC(CO)C(OC3OC(CO)C(O)C(O)C3O)C(O)C2O)C(O)C1O)C(O)/C=C/CCCCCCCCCCCCCCCCC. The van der Waals surface area contributed by atoms with Gasteiger partial charge in [0.25, 0.3) is 0 Å². The molecule has 3 fully saturated rings. The molecule has 0 aliphatic carbocycles. The Morgan fingerprint density at radius 1 is 0.414 bits per heavy atom. The maximum atomic E-state index is 13.4. The third-order valence-corrected chi connectivity index (χ3v) is 17.1. The summed E-state index contributed by atoms with van der Waals surface area (Å²) in [6.45, 7) is 1.73. The maximum absolute atomic E-state index is 13.4. The van der Waals surface area contributed by atoms with E-state index in [-0.39, 0.29) is 18.9 Å². The summed E-state index contributed by atoms with van der Waals surface area (Å²) in [5.41, 5.74) is 0. The highest BCUT2D eigenvalue weighted by molar-refractivity contribution is 5.76. The van der Waals surface area contributed by atoms with E-state index in [4.69, 9.17) is 28.4 Å². The molecule has 3 heterocycles. The van der Waals surface area contributed by atoms with Gasteiger partial charge in [-0.15, -0.1) is 0 Å². The van der Waals surface area contributed by atoms with Gasteiger partial charge in [0.1, 0.15) is 73.2 Å². The van der Waals surface area contributed by atoms with Crippen LogP contribution in [-0.2, 0) is 33.2 Å². The van der Waals surface area contributed by atoms with Crippen LogP contribution in [0, 0.1) is 0 Å². The minimum atomic E-state index is -1.98. The fourth-order valence-electron chi connectivity index (χ4n) is 11.5. The molecule has 17 unspecified atom stereocenters. The summed E-state index contributed by atoms with van der Waals surface area (Å²) in [6.07, 6.45) is 32.2. The topological polar surface area (TPSA) is 307 Å². The van der Waals surface area contributed by atoms with Crippen molar-refractivity contribution in [3.8, 4) is 0 Å². The molecule has 1 amide bonds. The average Bonchev–Trinajstić information content (AvgIpc) is 1.15. The highest BCUT2D eigenvalue weighted by atomic mass is 16.8. The molecule has 19 heteroatoms. The van der Waals surface area contributed by atoms with Crippen LogP contribution >= 0.6 is 0 Å². The van der Waals surface area contributed by atoms with Gasteiger partial charge in [0.05, 0.1) is 38.6 Å². The van der Waals surface area contributed by atoms with Crippen LogP contribution in [0.1, 0.15) is 245 Å². The molecule has 508 valence electrons. The molecule has 0 radical (unpaired) electrons. The van der Waals surface area contributed by atoms with Crippen molar-refractivity contribution in [1.29, 1.82) is 0 Å². The van der Waals surface area contributed by atoms with E-state index in [9.17, 15) is 61.0 Å². The number of ether oxygens (including phenoxy) is 6. The van der Waals surface area contributed by atoms with Crippen molar-refractivity contribution in [2.75, 3.05) is 26.4 Å². The van der Waals surface area contributed by atoms with Crippen LogP contribution in [-0.4, -0.2) is 193 Å². The number of allylic oxidation sites excluding steroid dienone is 7. The lowest BCUT2D eigenvalue weighted by atomic mass is 9.96. The van der Waals surface area contributed by atoms with Gasteiger partial charge in [-0.2, -0.15) is 0 Å². The number of hydrogen-bond donors (Lipinski definition) is 12. The summed E-state index contributed by atoms with van der Waals surface area (Å²) in [4.78, 5) is 13.4. The number of aliphatic hydroxyl groups excluding tert-OH is 11. The second kappa shape index (κ2) is 50.3. The lowest BCUT2D eigenvalue weighted by Crippen LogP contribution is -2.66. The lowest BCUT2D eigenvalue weighted by Gasteiger charge is -2.48. The normalized spacial score (nSPS) is 28.9. The summed E-state index contributed by atoms with van der Waals surface area (Å²) < 4.78 is 34.3. The van der Waals surface area contributed by atoms with Gasteiger partial charge in [0, 0.05) is 6.42 Å². The Bertz CT molecular complexity index is 1770. The van der Waals surface area contributed by atoms with E-state index in [0.717, 1.165) is 70.6 Å². The number of aliphatic hydroxyl groups is 11. The van der Waals surface area contributed by atoms with Gasteiger partial charge in [-0.25, -0.2) is 0 Å². The van der Waals surface area contributed by atoms with Gasteiger partial charge >= 0.3 is 0 Å². The third kappa shape index (κ3) is 32.7. The molecule has 0 saturated carbocycles. The van der Waals surface area contributed by atoms with Crippen molar-refractivity contribution in [2.24, 2.45) is 0 Å². The van der Waals surface area contributed by atoms with Crippen molar-refractivity contribution in [1.82, 2.24) is 5.32 Å². The molecule has 0 aromatic rings. The Kier molecular flexibility index (Phi) is 45.7. The second-order valence-electron chi connectivity index (χ2n) is 24.6. The minimum absolute atomic E-state index is 0.238. The van der Waals surface area contributed by atoms with E-state index in [2.05, 4.69) is 55.6 Å². The van der Waals surface area contributed by atoms with Crippen molar-refractivity contribution in [3.63, 3.8) is 0 Å². The molecule has 19 nitrogen and oxygen atoms in total. The standard InChI is InChI=1S/C68H123NO18/c1-3-5-7-9-11-13-15-17-19-21-22-23-24-25-26-27-28-30-32-34-36-38-40-42-44-46-56(74)69-51(52(73)45-43-41-39-37-35-33-31-29-20-18-16-14-12-10-8-6-4-2)50-82-66-62(80)59(77)64(54(48-71)84-66)87-68-63(81)60(78)65(55(49-72)85-68)86-67-61(79)58(76)57(75)53(47-70)83-67/h15,17,21-22,24-25,43,45,51-55,57-68,70-73,75-81H,3-14,16,18-20,23,26-42,44,46-50H2,1-2H3,(H,69,74)/b17-15-,22-21-,25-24-,45-43+. The fraction of sp³-hybridized carbons (Fsp3) is 0.868. The summed E-state index contributed by atoms with van der Waals surface area (Å²) in [5.74, 6) is -0.279. The predicted molar refractivity (Wildman–Crippen MR) is 337 cm³/mol. The maximum Gasteiger partial charge on any atom is 0.220 e. The highest BCUT2D eigenvalue weighted by Crippen LogP contribution is 2.33. The predicted octanol–water partition coefficient (Wildman–Crippen LogP) is 8.61. The first-order valence-electron chi connectivity index (χ1n) is 34.4. The van der Waals surface area contributed by atoms with Crippen LogP contribution in [0.4, 0.5) is 0 Å². The number of carbonyl (C=O) groups excluding carboxylic acids is 1. The Morgan fingerprint density at radius 3 is 1.18 bits per heavy atom. The highest BCUT2D eigenvalue weighted by Gasteiger charge is 2.53. The quantitative estimate of drug-likeness (QED) is 0.0200. The van der Waals surface area contributed by atoms with Crippen LogP contribution < -0.4 is 5.32 Å². The van der Waals surface area contributed by atoms with E-state index in [0.29, 0.717) is 6.42 Å². The lowest BCUT2D eigenvalue weighted by molar-refractivity contribution is -0.379. The fourth-order valence-corrected chi connectivity index (χ4v) is 11.5. The van der Waals surface area contributed by atoms with E-state index in [1.807, 2.05) is 6.08 Å². The summed E-state index contributed by atoms with van der Waals surface area (Å²) in [5, 5.41) is 120. The first-order valence-corrected chi connectivity index (χ1v) is 34.4. The van der Waals surface area contributed by atoms with Crippen molar-refractivity contribution >= 4 is 5.91 Å². The van der Waals surface area contributed by atoms with Gasteiger partial charge in [-0.1, -0.05) is 229 Å². The largest absolute Gasteiger partial charge is 0.394 e. The smallest absolute Gasteiger partial charge is 0.220 e. The molecule has 3 aliphatic rings. The van der Waals surface area contributed by atoms with Gasteiger partial charge in [-0.3, -0.25) is 4.79 Å². The second-order valence-corrected chi connectivity index (χ2v) is 24.6. The molecule has 0 bridgehead atoms. The number of rotatable bonds is 52. The zero-order chi connectivity index (χ0) is 63.3. The average molecular weight is 1240 g/mol. The van der Waals surface area contributed by atoms with Crippen molar-refractivity contribution < 1.29 is 89.4 Å². The van der Waals surface area contributed by atoms with Crippen molar-refractivity contribution in [2.45, 2.75) is 349 Å². The van der Waals surface area contributed by atoms with Crippen LogP contribution in [0.2, 0.25) is 0 Å². The molecule has 17 atom stereocenters. The molecule has 87 heavy (non-hydrogen) atoms. The van der Waals surface area contributed by atoms with Crippen molar-refractivity contribution in [3.05, 3.63) is 48.6 Å². The summed E-state index contributed by atoms with van der Waals surface area (Å²) in [6, 6.07) is -0.976. The zero-order valence-corrected chi connectivity index (χ0v) is 53.5. The van der Waals surface area contributed by atoms with Gasteiger partial charge in [0.2, 0.25) is 5.91 Å². The van der Waals surface area contributed by atoms with E-state index in [1.54, 1.807) is 6.08 Å². The van der Waals surface area contributed by atoms with Crippen LogP contribution in [0.15, 0.2) is 48.6 Å². The number of nitrogens with one attached hydrogen (secondary N) is 1. The monoisotopic (exact) mass is 1240 g/mol. The van der Waals surface area contributed by atoms with Gasteiger partial charge in [0.15, 0.2) is 18.9 Å². The summed E-state index contributed by atoms with van der Waals surface area (Å²) in [7, 11) is 0. The van der Waals surface area contributed by atoms with Crippen LogP contribution in [0.5, 0.6) is 0 Å². The first-order chi connectivity index (χ1) is 42.3. The Hall–Kier alpha value is -2.25. The molecule has 12 N–H and O–H groups in total. The summed E-state index contributed by atoms with van der Waals surface area (Å²) >= 11 is 0. The molecular formula is C68H123NO18. The minimum Gasteiger partial charge on any atom is -0.394 e. The van der Waals surface area contributed by atoms with E-state index in [1.165, 1.54) is 148 Å². The van der Waals surface area contributed by atoms with Gasteiger partial charge < -0.3 is 89.9 Å². The Balaban J connectivity index is 1.44. The van der Waals surface area contributed by atoms with E-state index < -0.39 is 124 Å².